The van der Waals surface area contributed by atoms with E-state index >= 15 is 0 Å². The van der Waals surface area contributed by atoms with E-state index in [9.17, 15) is 4.79 Å². The summed E-state index contributed by atoms with van der Waals surface area (Å²) in [6.07, 6.45) is 7.14. The summed E-state index contributed by atoms with van der Waals surface area (Å²) in [4.78, 5) is 15.1. The molecule has 0 radical (unpaired) electrons. The van der Waals surface area contributed by atoms with Crippen LogP contribution in [0.5, 0.6) is 0 Å². The van der Waals surface area contributed by atoms with Gasteiger partial charge in [-0.05, 0) is 31.4 Å². The molecule has 1 heterocycles. The summed E-state index contributed by atoms with van der Waals surface area (Å²) >= 11 is 0. The Balaban J connectivity index is 2.75. The van der Waals surface area contributed by atoms with E-state index in [4.69, 9.17) is 0 Å². The average molecular weight is 191 g/mol. The average Bonchev–Trinajstić information content (AvgIpc) is 2.18. The van der Waals surface area contributed by atoms with Crippen molar-refractivity contribution in [3.8, 4) is 0 Å². The highest BCUT2D eigenvalue weighted by molar-refractivity contribution is 5.78. The minimum Gasteiger partial charge on any atom is -0.298 e. The molecule has 1 aromatic heterocycles. The van der Waals surface area contributed by atoms with Crippen LogP contribution in [0.4, 0.5) is 0 Å². The molecular weight excluding hydrogens is 174 g/mol. The number of rotatable bonds is 5. The van der Waals surface area contributed by atoms with Gasteiger partial charge in [0.05, 0.1) is 5.69 Å². The van der Waals surface area contributed by atoms with E-state index in [-0.39, 0.29) is 0 Å². The Morgan fingerprint density at radius 1 is 1.43 bits per heavy atom. The maximum absolute atomic E-state index is 10.8. The van der Waals surface area contributed by atoms with Crippen LogP contribution in [0.25, 0.3) is 0 Å². The van der Waals surface area contributed by atoms with Crippen LogP contribution in [-0.4, -0.2) is 11.3 Å². The third kappa shape index (κ3) is 2.66. The van der Waals surface area contributed by atoms with Gasteiger partial charge in [0.15, 0.2) is 6.29 Å². The first-order chi connectivity index (χ1) is 6.79. The number of hydrogen-bond acceptors (Lipinski definition) is 2. The molecule has 0 aliphatic rings. The number of hydrogen-bond donors (Lipinski definition) is 0. The highest BCUT2D eigenvalue weighted by Crippen LogP contribution is 2.12. The third-order valence-electron chi connectivity index (χ3n) is 2.43. The van der Waals surface area contributed by atoms with Crippen molar-refractivity contribution in [2.24, 2.45) is 0 Å². The molecule has 0 fully saturated rings. The fourth-order valence-corrected chi connectivity index (χ4v) is 1.53. The zero-order valence-corrected chi connectivity index (χ0v) is 8.92. The molecule has 0 bridgehead atoms. The van der Waals surface area contributed by atoms with E-state index in [2.05, 4.69) is 11.9 Å². The second-order valence-corrected chi connectivity index (χ2v) is 3.56. The number of carbonyl (C=O) groups is 1. The van der Waals surface area contributed by atoms with Gasteiger partial charge in [0.1, 0.15) is 0 Å². The van der Waals surface area contributed by atoms with E-state index in [1.54, 1.807) is 6.20 Å². The van der Waals surface area contributed by atoms with Crippen LogP contribution in [0.3, 0.4) is 0 Å². The van der Waals surface area contributed by atoms with E-state index in [0.29, 0.717) is 0 Å². The Hall–Kier alpha value is -1.18. The summed E-state index contributed by atoms with van der Waals surface area (Å²) in [6.45, 7) is 4.12. The number of aryl methyl sites for hydroxylation is 2. The predicted molar refractivity (Wildman–Crippen MR) is 57.6 cm³/mol. The van der Waals surface area contributed by atoms with Gasteiger partial charge in [0.25, 0.3) is 0 Å². The van der Waals surface area contributed by atoms with Crippen LogP contribution >= 0.6 is 0 Å². The third-order valence-corrected chi connectivity index (χ3v) is 2.43. The quantitative estimate of drug-likeness (QED) is 0.529. The topological polar surface area (TPSA) is 30.0 Å². The summed E-state index contributed by atoms with van der Waals surface area (Å²) in [5, 5.41) is 0. The monoisotopic (exact) mass is 191 g/mol. The van der Waals surface area contributed by atoms with Crippen molar-refractivity contribution in [3.63, 3.8) is 0 Å². The van der Waals surface area contributed by atoms with Crippen LogP contribution in [0, 0.1) is 6.92 Å². The molecule has 0 spiro atoms. The highest BCUT2D eigenvalue weighted by Gasteiger charge is 2.04. The Bertz CT molecular complexity index is 307. The highest BCUT2D eigenvalue weighted by atomic mass is 16.1. The van der Waals surface area contributed by atoms with Crippen LogP contribution in [0.1, 0.15) is 47.8 Å². The molecule has 1 rings (SSSR count). The van der Waals surface area contributed by atoms with Gasteiger partial charge in [0.2, 0.25) is 0 Å². The first-order valence-corrected chi connectivity index (χ1v) is 5.19. The molecule has 0 amide bonds. The molecule has 1 aromatic rings. The fourth-order valence-electron chi connectivity index (χ4n) is 1.53. The van der Waals surface area contributed by atoms with Gasteiger partial charge >= 0.3 is 0 Å². The molecule has 0 aliphatic heterocycles. The largest absolute Gasteiger partial charge is 0.298 e. The normalized spacial score (nSPS) is 10.1. The first-order valence-electron chi connectivity index (χ1n) is 5.19. The summed E-state index contributed by atoms with van der Waals surface area (Å²) in [6, 6.07) is 1.88. The Morgan fingerprint density at radius 3 is 2.86 bits per heavy atom. The van der Waals surface area contributed by atoms with E-state index in [1.807, 2.05) is 13.0 Å². The second-order valence-electron chi connectivity index (χ2n) is 3.56. The molecule has 0 aliphatic carbocycles. The molecule has 0 aromatic carbocycles. The fraction of sp³-hybridized carbons (Fsp3) is 0.500. The van der Waals surface area contributed by atoms with Crippen molar-refractivity contribution < 1.29 is 4.79 Å². The summed E-state index contributed by atoms with van der Waals surface area (Å²) in [5.41, 5.74) is 2.76. The first kappa shape index (κ1) is 10.9. The van der Waals surface area contributed by atoms with Crippen molar-refractivity contribution >= 4 is 6.29 Å². The van der Waals surface area contributed by atoms with E-state index in [1.165, 1.54) is 12.8 Å². The second kappa shape index (κ2) is 5.53. The lowest BCUT2D eigenvalue weighted by molar-refractivity contribution is 0.112. The molecule has 14 heavy (non-hydrogen) atoms. The van der Waals surface area contributed by atoms with Crippen LogP contribution in [0.15, 0.2) is 12.3 Å². The summed E-state index contributed by atoms with van der Waals surface area (Å²) < 4.78 is 0. The molecule has 2 heteroatoms. The standard InChI is InChI=1S/C12H17NO/c1-3-4-5-6-12-11(9-14)10(2)7-8-13-12/h7-9H,3-6H2,1-2H3. The summed E-state index contributed by atoms with van der Waals surface area (Å²) in [5.74, 6) is 0. The molecule has 0 atom stereocenters. The van der Waals surface area contributed by atoms with Crippen molar-refractivity contribution in [1.82, 2.24) is 4.98 Å². The number of aromatic nitrogens is 1. The van der Waals surface area contributed by atoms with Crippen molar-refractivity contribution in [2.45, 2.75) is 39.5 Å². The van der Waals surface area contributed by atoms with Crippen molar-refractivity contribution in [2.75, 3.05) is 0 Å². The SMILES string of the molecule is CCCCCc1nccc(C)c1C=O. The van der Waals surface area contributed by atoms with Gasteiger partial charge in [0, 0.05) is 11.8 Å². The maximum Gasteiger partial charge on any atom is 0.152 e. The van der Waals surface area contributed by atoms with Gasteiger partial charge in [-0.2, -0.15) is 0 Å². The van der Waals surface area contributed by atoms with Gasteiger partial charge in [-0.1, -0.05) is 19.8 Å². The molecule has 0 saturated heterocycles. The zero-order chi connectivity index (χ0) is 10.4. The number of pyridine rings is 1. The molecule has 0 saturated carbocycles. The van der Waals surface area contributed by atoms with Gasteiger partial charge in [-0.25, -0.2) is 0 Å². The minimum absolute atomic E-state index is 0.781. The van der Waals surface area contributed by atoms with E-state index in [0.717, 1.165) is 35.9 Å². The number of nitrogens with zero attached hydrogens (tertiary/aromatic N) is 1. The lowest BCUT2D eigenvalue weighted by Crippen LogP contribution is -1.99. The Kier molecular flexibility index (Phi) is 4.30. The molecule has 76 valence electrons. The van der Waals surface area contributed by atoms with Gasteiger partial charge < -0.3 is 0 Å². The lowest BCUT2D eigenvalue weighted by Gasteiger charge is -2.05. The molecule has 0 unspecified atom stereocenters. The number of unbranched alkanes of at least 4 members (excludes halogenated alkanes) is 2. The van der Waals surface area contributed by atoms with Gasteiger partial charge in [-0.3, -0.25) is 9.78 Å². The van der Waals surface area contributed by atoms with E-state index < -0.39 is 0 Å². The van der Waals surface area contributed by atoms with Gasteiger partial charge in [-0.15, -0.1) is 0 Å². The van der Waals surface area contributed by atoms with Crippen LogP contribution in [-0.2, 0) is 6.42 Å². The molecule has 0 N–H and O–H groups in total. The van der Waals surface area contributed by atoms with Crippen LogP contribution < -0.4 is 0 Å². The predicted octanol–water partition coefficient (Wildman–Crippen LogP) is 2.94. The van der Waals surface area contributed by atoms with Crippen molar-refractivity contribution in [3.05, 3.63) is 29.1 Å². The number of carbonyl (C=O) groups excluding carboxylic acids is 1. The Labute approximate surface area is 85.4 Å². The maximum atomic E-state index is 10.8. The number of aldehydes is 1. The molecular formula is C12H17NO. The minimum atomic E-state index is 0.781. The van der Waals surface area contributed by atoms with Crippen LogP contribution in [0.2, 0.25) is 0 Å². The summed E-state index contributed by atoms with van der Waals surface area (Å²) in [7, 11) is 0. The Morgan fingerprint density at radius 2 is 2.21 bits per heavy atom. The molecule has 2 nitrogen and oxygen atoms in total. The van der Waals surface area contributed by atoms with Crippen molar-refractivity contribution in [1.29, 1.82) is 0 Å². The zero-order valence-electron chi connectivity index (χ0n) is 8.92. The lowest BCUT2D eigenvalue weighted by atomic mass is 10.0. The smallest absolute Gasteiger partial charge is 0.152 e.